The summed E-state index contributed by atoms with van der Waals surface area (Å²) in [5.41, 5.74) is -0.347. The lowest BCUT2D eigenvalue weighted by Crippen LogP contribution is -2.76. The molecule has 1 saturated heterocycles. The standard InChI is InChI=1S/C19H29N3O6/c1-14(2)11-27-8-6-17-19(28-13-26-4,18(23)22(17)12-25-3)10-16-9-15(21-24)5-7-20-16/h5,7,9,14,17H,6,8,10-13H2,1-4H3/t17-,19+/m0/s1. The minimum atomic E-state index is -1.15. The molecule has 156 valence electrons. The van der Waals surface area contributed by atoms with Crippen molar-refractivity contribution in [1.29, 1.82) is 0 Å². The molecule has 1 aromatic heterocycles. The van der Waals surface area contributed by atoms with Crippen LogP contribution in [0.4, 0.5) is 5.69 Å². The van der Waals surface area contributed by atoms with Crippen molar-refractivity contribution in [3.63, 3.8) is 0 Å². The van der Waals surface area contributed by atoms with E-state index < -0.39 is 5.60 Å². The number of ether oxygens (including phenoxy) is 4. The summed E-state index contributed by atoms with van der Waals surface area (Å²) < 4.78 is 21.9. The molecule has 0 unspecified atom stereocenters. The van der Waals surface area contributed by atoms with Gasteiger partial charge in [0.25, 0.3) is 5.91 Å². The number of likely N-dealkylation sites (tertiary alicyclic amines) is 1. The number of pyridine rings is 1. The minimum absolute atomic E-state index is 0.0401. The second kappa shape index (κ2) is 10.6. The number of β-lactam (4-membered cyclic amide) rings is 1. The monoisotopic (exact) mass is 395 g/mol. The van der Waals surface area contributed by atoms with Crippen molar-refractivity contribution < 1.29 is 23.7 Å². The molecule has 1 aromatic rings. The molecule has 0 N–H and O–H groups in total. The number of rotatable bonds is 13. The largest absolute Gasteiger partial charge is 0.381 e. The average Bonchev–Trinajstić information content (AvgIpc) is 2.69. The van der Waals surface area contributed by atoms with E-state index in [4.69, 9.17) is 18.9 Å². The van der Waals surface area contributed by atoms with Crippen LogP contribution in [0, 0.1) is 10.8 Å². The fourth-order valence-corrected chi connectivity index (χ4v) is 3.36. The molecule has 0 spiro atoms. The first kappa shape index (κ1) is 22.4. The van der Waals surface area contributed by atoms with Gasteiger partial charge in [-0.15, -0.1) is 4.91 Å². The van der Waals surface area contributed by atoms with Gasteiger partial charge in [0.2, 0.25) is 0 Å². The summed E-state index contributed by atoms with van der Waals surface area (Å²) >= 11 is 0. The van der Waals surface area contributed by atoms with E-state index in [1.807, 2.05) is 0 Å². The Balaban J connectivity index is 2.22. The maximum atomic E-state index is 13.0. The van der Waals surface area contributed by atoms with E-state index in [2.05, 4.69) is 24.0 Å². The Hall–Kier alpha value is -1.94. The summed E-state index contributed by atoms with van der Waals surface area (Å²) in [7, 11) is 3.04. The van der Waals surface area contributed by atoms with E-state index in [0.717, 1.165) is 0 Å². The van der Waals surface area contributed by atoms with Crippen LogP contribution in [0.3, 0.4) is 0 Å². The number of nitroso groups, excluding NO2 is 1. The van der Waals surface area contributed by atoms with Gasteiger partial charge in [-0.1, -0.05) is 13.8 Å². The molecule has 1 aliphatic heterocycles. The molecule has 2 rings (SSSR count). The summed E-state index contributed by atoms with van der Waals surface area (Å²) in [6.45, 7) is 5.41. The fraction of sp³-hybridized carbons (Fsp3) is 0.684. The van der Waals surface area contributed by atoms with Gasteiger partial charge in [-0.25, -0.2) is 0 Å². The van der Waals surface area contributed by atoms with Crippen molar-refractivity contribution in [3.05, 3.63) is 28.9 Å². The van der Waals surface area contributed by atoms with Crippen molar-refractivity contribution in [2.45, 2.75) is 38.3 Å². The number of hydrogen-bond donors (Lipinski definition) is 0. The third-order valence-electron chi connectivity index (χ3n) is 4.58. The second-order valence-corrected chi connectivity index (χ2v) is 7.18. The predicted molar refractivity (Wildman–Crippen MR) is 102 cm³/mol. The number of carbonyl (C=O) groups excluding carboxylic acids is 1. The van der Waals surface area contributed by atoms with E-state index in [1.165, 1.54) is 26.5 Å². The molecule has 0 radical (unpaired) electrons. The van der Waals surface area contributed by atoms with Crippen molar-refractivity contribution in [2.24, 2.45) is 11.1 Å². The Morgan fingerprint density at radius 3 is 2.75 bits per heavy atom. The number of carbonyl (C=O) groups is 1. The number of amides is 1. The highest BCUT2D eigenvalue weighted by Crippen LogP contribution is 2.39. The lowest BCUT2D eigenvalue weighted by Gasteiger charge is -2.55. The highest BCUT2D eigenvalue weighted by molar-refractivity contribution is 5.93. The van der Waals surface area contributed by atoms with E-state index >= 15 is 0 Å². The summed E-state index contributed by atoms with van der Waals surface area (Å²) in [4.78, 5) is 29.7. The van der Waals surface area contributed by atoms with Crippen molar-refractivity contribution in [1.82, 2.24) is 9.88 Å². The van der Waals surface area contributed by atoms with Gasteiger partial charge >= 0.3 is 0 Å². The Kier molecular flexibility index (Phi) is 8.43. The fourth-order valence-electron chi connectivity index (χ4n) is 3.36. The van der Waals surface area contributed by atoms with E-state index in [1.54, 1.807) is 11.0 Å². The molecule has 9 nitrogen and oxygen atoms in total. The molecule has 1 aliphatic rings. The van der Waals surface area contributed by atoms with Crippen LogP contribution in [0.25, 0.3) is 0 Å². The van der Waals surface area contributed by atoms with Crippen LogP contribution in [-0.2, 0) is 30.2 Å². The summed E-state index contributed by atoms with van der Waals surface area (Å²) in [6, 6.07) is 2.80. The molecular weight excluding hydrogens is 366 g/mol. The molecule has 0 aromatic carbocycles. The van der Waals surface area contributed by atoms with Gasteiger partial charge in [-0.2, -0.15) is 0 Å². The SMILES string of the molecule is COCO[C@@]1(Cc2cc(N=O)ccn2)C(=O)N(COC)[C@H]1CCOCC(C)C. The molecule has 1 fully saturated rings. The Labute approximate surface area is 165 Å². The van der Waals surface area contributed by atoms with Crippen LogP contribution in [0.2, 0.25) is 0 Å². The van der Waals surface area contributed by atoms with Crippen molar-refractivity contribution in [2.75, 3.05) is 41.0 Å². The molecule has 0 aliphatic carbocycles. The maximum Gasteiger partial charge on any atom is 0.259 e. The van der Waals surface area contributed by atoms with Gasteiger partial charge in [0.15, 0.2) is 5.60 Å². The molecule has 0 bridgehead atoms. The van der Waals surface area contributed by atoms with Gasteiger partial charge in [0, 0.05) is 45.7 Å². The minimum Gasteiger partial charge on any atom is -0.381 e. The number of nitrogens with zero attached hydrogens (tertiary/aromatic N) is 3. The van der Waals surface area contributed by atoms with Gasteiger partial charge in [-0.05, 0) is 29.6 Å². The number of aromatic nitrogens is 1. The smallest absolute Gasteiger partial charge is 0.259 e. The molecule has 9 heteroatoms. The lowest BCUT2D eigenvalue weighted by atomic mass is 9.77. The molecular formula is C19H29N3O6. The molecule has 28 heavy (non-hydrogen) atoms. The van der Waals surface area contributed by atoms with E-state index in [0.29, 0.717) is 31.2 Å². The number of hydrogen-bond acceptors (Lipinski definition) is 8. The van der Waals surface area contributed by atoms with Gasteiger partial charge in [0.05, 0.1) is 6.04 Å². The number of methoxy groups -OCH3 is 2. The third-order valence-corrected chi connectivity index (χ3v) is 4.58. The van der Waals surface area contributed by atoms with Gasteiger partial charge in [-0.3, -0.25) is 9.78 Å². The summed E-state index contributed by atoms with van der Waals surface area (Å²) in [5.74, 6) is 0.224. The molecule has 1 amide bonds. The van der Waals surface area contributed by atoms with Crippen LogP contribution in [0.5, 0.6) is 0 Å². The Bertz CT molecular complexity index is 656. The first-order chi connectivity index (χ1) is 13.5. The van der Waals surface area contributed by atoms with Gasteiger partial charge in [0.1, 0.15) is 19.2 Å². The Morgan fingerprint density at radius 1 is 1.32 bits per heavy atom. The second-order valence-electron chi connectivity index (χ2n) is 7.18. The molecule has 2 heterocycles. The Morgan fingerprint density at radius 2 is 2.11 bits per heavy atom. The van der Waals surface area contributed by atoms with Crippen molar-refractivity contribution >= 4 is 11.6 Å². The first-order valence-corrected chi connectivity index (χ1v) is 9.27. The van der Waals surface area contributed by atoms with Crippen LogP contribution in [-0.4, -0.2) is 68.4 Å². The van der Waals surface area contributed by atoms with Crippen LogP contribution < -0.4 is 0 Å². The van der Waals surface area contributed by atoms with E-state index in [-0.39, 0.29) is 37.6 Å². The normalized spacial score (nSPS) is 21.8. The topological polar surface area (TPSA) is 99.5 Å². The van der Waals surface area contributed by atoms with Crippen molar-refractivity contribution in [3.8, 4) is 0 Å². The van der Waals surface area contributed by atoms with Gasteiger partial charge < -0.3 is 23.8 Å². The highest BCUT2D eigenvalue weighted by atomic mass is 16.7. The summed E-state index contributed by atoms with van der Waals surface area (Å²) in [5, 5.41) is 2.94. The zero-order chi connectivity index (χ0) is 20.6. The lowest BCUT2D eigenvalue weighted by molar-refractivity contribution is -0.235. The highest BCUT2D eigenvalue weighted by Gasteiger charge is 2.61. The molecule has 2 atom stereocenters. The predicted octanol–water partition coefficient (Wildman–Crippen LogP) is 2.26. The summed E-state index contributed by atoms with van der Waals surface area (Å²) in [6.07, 6.45) is 2.28. The zero-order valence-electron chi connectivity index (χ0n) is 16.9. The quantitative estimate of drug-likeness (QED) is 0.219. The average molecular weight is 395 g/mol. The third kappa shape index (κ3) is 5.11. The van der Waals surface area contributed by atoms with Crippen LogP contribution in [0.1, 0.15) is 26.0 Å². The molecule has 0 saturated carbocycles. The zero-order valence-corrected chi connectivity index (χ0v) is 16.9. The van der Waals surface area contributed by atoms with E-state index in [9.17, 15) is 9.70 Å². The maximum absolute atomic E-state index is 13.0. The van der Waals surface area contributed by atoms with Crippen LogP contribution in [0.15, 0.2) is 23.5 Å². The first-order valence-electron chi connectivity index (χ1n) is 9.27. The van der Waals surface area contributed by atoms with Crippen LogP contribution >= 0.6 is 0 Å².